The summed E-state index contributed by atoms with van der Waals surface area (Å²) >= 11 is 0. The zero-order valence-electron chi connectivity index (χ0n) is 16.2. The molecule has 1 unspecified atom stereocenters. The lowest BCUT2D eigenvalue weighted by atomic mass is 9.97. The summed E-state index contributed by atoms with van der Waals surface area (Å²) in [5.74, 6) is 0. The highest BCUT2D eigenvalue weighted by molar-refractivity contribution is 5.86. The first-order valence-electron chi connectivity index (χ1n) is 10.0. The number of aromatic nitrogens is 1. The van der Waals surface area contributed by atoms with Crippen LogP contribution in [0.3, 0.4) is 0 Å². The monoisotopic (exact) mass is 354 g/mol. The second kappa shape index (κ2) is 6.54. The van der Waals surface area contributed by atoms with Gasteiger partial charge < -0.3 is 4.57 Å². The lowest BCUT2D eigenvalue weighted by molar-refractivity contribution is 0.245. The molecule has 2 heteroatoms. The molecule has 0 aliphatic carbocycles. The number of aryl methyl sites for hydroxylation is 2. The minimum absolute atomic E-state index is 0.487. The van der Waals surface area contributed by atoms with E-state index in [9.17, 15) is 0 Å². The Bertz CT molecular complexity index is 1120. The van der Waals surface area contributed by atoms with Crippen LogP contribution in [0.1, 0.15) is 29.8 Å². The molecule has 0 N–H and O–H groups in total. The van der Waals surface area contributed by atoms with E-state index in [0.717, 1.165) is 25.9 Å². The molecule has 1 aliphatic heterocycles. The van der Waals surface area contributed by atoms with Gasteiger partial charge in [-0.2, -0.15) is 0 Å². The first kappa shape index (κ1) is 16.6. The van der Waals surface area contributed by atoms with Gasteiger partial charge in [-0.15, -0.1) is 0 Å². The largest absolute Gasteiger partial charge is 0.344 e. The summed E-state index contributed by atoms with van der Waals surface area (Å²) in [4.78, 5) is 2.47. The van der Waals surface area contributed by atoms with Gasteiger partial charge in [0.2, 0.25) is 0 Å². The van der Waals surface area contributed by atoms with Crippen molar-refractivity contribution in [2.24, 2.45) is 0 Å². The van der Waals surface area contributed by atoms with Crippen molar-refractivity contribution >= 4 is 21.7 Å². The van der Waals surface area contributed by atoms with Gasteiger partial charge in [-0.25, -0.2) is 0 Å². The number of fused-ring (bicyclic) bond motifs is 4. The van der Waals surface area contributed by atoms with Crippen LogP contribution in [0.4, 0.5) is 0 Å². The Balaban J connectivity index is 1.53. The number of hydrogen-bond donors (Lipinski definition) is 0. The third-order valence-electron chi connectivity index (χ3n) is 6.34. The van der Waals surface area contributed by atoms with Crippen molar-refractivity contribution < 1.29 is 0 Å². The van der Waals surface area contributed by atoms with Crippen LogP contribution < -0.4 is 0 Å². The molecule has 0 spiro atoms. The van der Waals surface area contributed by atoms with Gasteiger partial charge in [-0.05, 0) is 48.4 Å². The van der Waals surface area contributed by atoms with Gasteiger partial charge in [0.1, 0.15) is 0 Å². The average molecular weight is 354 g/mol. The summed E-state index contributed by atoms with van der Waals surface area (Å²) in [5.41, 5.74) is 5.90. The fourth-order valence-electron chi connectivity index (χ4n) is 4.71. The predicted molar refractivity (Wildman–Crippen MR) is 114 cm³/mol. The quantitative estimate of drug-likeness (QED) is 0.466. The zero-order chi connectivity index (χ0) is 18.4. The fourth-order valence-corrected chi connectivity index (χ4v) is 4.71. The molecular weight excluding hydrogens is 328 g/mol. The summed E-state index contributed by atoms with van der Waals surface area (Å²) in [6, 6.07) is 25.0. The SMILES string of the molecule is CC1c2c(n(CCc3ccc4ccccc4c3)c3ccccc23)CCN1C. The van der Waals surface area contributed by atoms with Crippen molar-refractivity contribution in [3.05, 3.63) is 83.6 Å². The smallest absolute Gasteiger partial charge is 0.0486 e. The minimum Gasteiger partial charge on any atom is -0.344 e. The fraction of sp³-hybridized carbons (Fsp3) is 0.280. The Morgan fingerprint density at radius 1 is 0.926 bits per heavy atom. The molecule has 1 aliphatic rings. The second-order valence-corrected chi connectivity index (χ2v) is 7.87. The van der Waals surface area contributed by atoms with E-state index in [2.05, 4.69) is 90.2 Å². The van der Waals surface area contributed by atoms with E-state index >= 15 is 0 Å². The van der Waals surface area contributed by atoms with Crippen LogP contribution in [0.5, 0.6) is 0 Å². The maximum atomic E-state index is 2.59. The van der Waals surface area contributed by atoms with E-state index in [4.69, 9.17) is 0 Å². The van der Waals surface area contributed by atoms with Crippen molar-refractivity contribution in [3.63, 3.8) is 0 Å². The molecule has 1 atom stereocenters. The average Bonchev–Trinajstić information content (AvgIpc) is 3.03. The van der Waals surface area contributed by atoms with E-state index in [-0.39, 0.29) is 0 Å². The van der Waals surface area contributed by atoms with Crippen molar-refractivity contribution in [2.45, 2.75) is 32.4 Å². The highest BCUT2D eigenvalue weighted by Gasteiger charge is 2.27. The normalized spacial score (nSPS) is 17.5. The Labute approximate surface area is 161 Å². The van der Waals surface area contributed by atoms with Gasteiger partial charge in [0.15, 0.2) is 0 Å². The molecule has 2 heterocycles. The Hall–Kier alpha value is -2.58. The molecule has 0 bridgehead atoms. The molecule has 0 radical (unpaired) electrons. The summed E-state index contributed by atoms with van der Waals surface area (Å²) < 4.78 is 2.59. The van der Waals surface area contributed by atoms with E-state index < -0.39 is 0 Å². The first-order valence-corrected chi connectivity index (χ1v) is 10.0. The molecule has 0 saturated heterocycles. The topological polar surface area (TPSA) is 8.17 Å². The van der Waals surface area contributed by atoms with Crippen LogP contribution in [0.25, 0.3) is 21.7 Å². The minimum atomic E-state index is 0.487. The van der Waals surface area contributed by atoms with Crippen molar-refractivity contribution in [2.75, 3.05) is 13.6 Å². The van der Waals surface area contributed by atoms with Crippen molar-refractivity contribution in [1.82, 2.24) is 9.47 Å². The van der Waals surface area contributed by atoms with Crippen molar-refractivity contribution in [1.29, 1.82) is 0 Å². The van der Waals surface area contributed by atoms with E-state index in [0.29, 0.717) is 6.04 Å². The number of benzene rings is 3. The van der Waals surface area contributed by atoms with E-state index in [1.807, 2.05) is 0 Å². The molecular formula is C25H26N2. The van der Waals surface area contributed by atoms with Gasteiger partial charge in [-0.3, -0.25) is 4.90 Å². The number of rotatable bonds is 3. The van der Waals surface area contributed by atoms with E-state index in [1.165, 1.54) is 32.8 Å². The first-order chi connectivity index (χ1) is 13.2. The molecule has 1 aromatic heterocycles. The molecule has 4 aromatic rings. The summed E-state index contributed by atoms with van der Waals surface area (Å²) in [6.07, 6.45) is 2.21. The van der Waals surface area contributed by atoms with Crippen LogP contribution in [0, 0.1) is 0 Å². The maximum Gasteiger partial charge on any atom is 0.0486 e. The summed E-state index contributed by atoms with van der Waals surface area (Å²) in [5, 5.41) is 4.09. The van der Waals surface area contributed by atoms with Crippen LogP contribution in [-0.4, -0.2) is 23.1 Å². The molecule has 0 saturated carbocycles. The van der Waals surface area contributed by atoms with Gasteiger partial charge in [0, 0.05) is 42.1 Å². The Morgan fingerprint density at radius 3 is 2.59 bits per heavy atom. The highest BCUT2D eigenvalue weighted by atomic mass is 15.1. The van der Waals surface area contributed by atoms with Gasteiger partial charge in [0.25, 0.3) is 0 Å². The number of nitrogens with zero attached hydrogens (tertiary/aromatic N) is 2. The van der Waals surface area contributed by atoms with Gasteiger partial charge in [-0.1, -0.05) is 60.7 Å². The summed E-state index contributed by atoms with van der Waals surface area (Å²) in [6.45, 7) is 4.53. The Morgan fingerprint density at radius 2 is 1.70 bits per heavy atom. The molecule has 27 heavy (non-hydrogen) atoms. The van der Waals surface area contributed by atoms with Crippen LogP contribution in [0.2, 0.25) is 0 Å². The third-order valence-corrected chi connectivity index (χ3v) is 6.34. The molecule has 2 nitrogen and oxygen atoms in total. The van der Waals surface area contributed by atoms with Crippen LogP contribution in [0.15, 0.2) is 66.7 Å². The Kier molecular flexibility index (Phi) is 4.02. The highest BCUT2D eigenvalue weighted by Crippen LogP contribution is 2.37. The van der Waals surface area contributed by atoms with Gasteiger partial charge >= 0.3 is 0 Å². The van der Waals surface area contributed by atoms with E-state index in [1.54, 1.807) is 5.69 Å². The lowest BCUT2D eigenvalue weighted by Gasteiger charge is -2.31. The molecule has 5 rings (SSSR count). The third kappa shape index (κ3) is 2.76. The predicted octanol–water partition coefficient (Wildman–Crippen LogP) is 5.59. The molecule has 0 fully saturated rings. The van der Waals surface area contributed by atoms with Gasteiger partial charge in [0.05, 0.1) is 0 Å². The maximum absolute atomic E-state index is 2.59. The standard InChI is InChI=1S/C25H26N2/c1-18-25-22-9-5-6-10-23(22)27(24(25)14-15-26(18)2)16-13-19-11-12-20-7-3-4-8-21(20)17-19/h3-12,17-18H,13-16H2,1-2H3. The van der Waals surface area contributed by atoms with Crippen LogP contribution >= 0.6 is 0 Å². The number of hydrogen-bond acceptors (Lipinski definition) is 1. The lowest BCUT2D eigenvalue weighted by Crippen LogP contribution is -2.31. The molecule has 136 valence electrons. The van der Waals surface area contributed by atoms with Crippen molar-refractivity contribution in [3.8, 4) is 0 Å². The summed E-state index contributed by atoms with van der Waals surface area (Å²) in [7, 11) is 2.24. The second-order valence-electron chi connectivity index (χ2n) is 7.87. The number of para-hydroxylation sites is 1. The number of likely N-dealkylation sites (N-methyl/N-ethyl adjacent to an activating group) is 1. The van der Waals surface area contributed by atoms with Crippen LogP contribution in [-0.2, 0) is 19.4 Å². The molecule has 3 aromatic carbocycles. The zero-order valence-corrected chi connectivity index (χ0v) is 16.2. The molecule has 0 amide bonds.